The van der Waals surface area contributed by atoms with E-state index in [9.17, 15) is 33.8 Å². The second-order valence-corrected chi connectivity index (χ2v) is 22.7. The number of aliphatic hydroxyl groups is 2. The van der Waals surface area contributed by atoms with Crippen LogP contribution < -0.4 is 25.0 Å². The zero-order valence-corrected chi connectivity index (χ0v) is 47.1. The fraction of sp³-hybridized carbons (Fsp3) is 0.333. The van der Waals surface area contributed by atoms with Gasteiger partial charge in [0.05, 0.1) is 46.3 Å². The second kappa shape index (κ2) is 23.7. The van der Waals surface area contributed by atoms with Crippen molar-refractivity contribution in [1.82, 2.24) is 40.5 Å². The number of nitrogens with zero attached hydrogens (tertiary/aromatic N) is 9. The number of halogens is 4. The van der Waals surface area contributed by atoms with Crippen LogP contribution in [0.5, 0.6) is 11.8 Å². The van der Waals surface area contributed by atoms with Gasteiger partial charge in [-0.3, -0.25) is 14.6 Å². The van der Waals surface area contributed by atoms with Gasteiger partial charge in [0.15, 0.2) is 17.4 Å². The number of aliphatic imine (C=N–C) groups is 1. The number of rotatable bonds is 19. The minimum absolute atomic E-state index is 0.0218. The molecule has 3 aliphatic heterocycles. The highest BCUT2D eigenvalue weighted by atomic mass is 35.5. The van der Waals surface area contributed by atoms with E-state index in [4.69, 9.17) is 35.8 Å². The summed E-state index contributed by atoms with van der Waals surface area (Å²) in [6, 6.07) is 21.9. The van der Waals surface area contributed by atoms with Crippen molar-refractivity contribution in [2.75, 3.05) is 44.9 Å². The number of aliphatic hydroxyl groups excluding tert-OH is 2. The van der Waals surface area contributed by atoms with Crippen LogP contribution in [0.4, 0.5) is 24.0 Å². The predicted octanol–water partition coefficient (Wildman–Crippen LogP) is 9.26. The van der Waals surface area contributed by atoms with Gasteiger partial charge in [-0.2, -0.15) is 15.2 Å². The Labute approximate surface area is 484 Å². The van der Waals surface area contributed by atoms with Crippen molar-refractivity contribution < 1.29 is 47.2 Å². The van der Waals surface area contributed by atoms with E-state index in [0.29, 0.717) is 67.7 Å². The number of amides is 2. The molecule has 2 amide bonds. The molecule has 23 heteroatoms. The van der Waals surface area contributed by atoms with Crippen LogP contribution in [0.25, 0.3) is 54.5 Å². The summed E-state index contributed by atoms with van der Waals surface area (Å²) in [6.45, 7) is 10.1. The van der Waals surface area contributed by atoms with Gasteiger partial charge < -0.3 is 44.9 Å². The molecule has 0 unspecified atom stereocenters. The Kier molecular flexibility index (Phi) is 16.2. The van der Waals surface area contributed by atoms with Gasteiger partial charge in [-0.05, 0) is 66.4 Å². The van der Waals surface area contributed by atoms with E-state index in [1.807, 2.05) is 45.0 Å². The summed E-state index contributed by atoms with van der Waals surface area (Å²) in [5, 5.41) is 48.3. The quantitative estimate of drug-likeness (QED) is 0.0554. The predicted molar refractivity (Wildman–Crippen MR) is 308 cm³/mol. The molecule has 3 fully saturated rings. The van der Waals surface area contributed by atoms with E-state index >= 15 is 4.39 Å². The fourth-order valence-electron chi connectivity index (χ4n) is 11.3. The highest BCUT2D eigenvalue weighted by Gasteiger charge is 2.44. The molecule has 0 radical (unpaired) electrons. The number of nitrogens with one attached hydrogen (secondary N) is 2. The molecule has 4 N–H and O–H groups in total. The molecule has 7 atom stereocenters. The van der Waals surface area contributed by atoms with Gasteiger partial charge in [-0.1, -0.05) is 97.4 Å². The van der Waals surface area contributed by atoms with Crippen LogP contribution in [0.1, 0.15) is 62.4 Å². The second-order valence-electron chi connectivity index (χ2n) is 21.3. The number of β-amino-alcohol motifs (C(OH)–C–C–N with tert-alkyl or cyclic N) is 1. The normalized spacial score (nSPS) is 18.7. The number of aromatic nitrogens is 5. The SMILES string of the molecule is C=Nc1sc2c(F)ccc(-c3c(Cl)cc4c(N5C[C@@H]6C[C@H]5CN6)nc(OC[C@H](C)OC)nc4c3OCc3ccc(-c4cn([C@H](C(=O)N5C[C@H](O)C[C@H]5C(=O)N[C@@H](CO)c5ccc(-c6cccc(F)c6F)cc5)C(C)C)nn4)cc3)c2c1C#N. The molecule has 2 bridgehead atoms. The molecule has 3 saturated heterocycles. The number of thiophene rings is 1. The van der Waals surface area contributed by atoms with Crippen molar-refractivity contribution in [3.8, 4) is 51.3 Å². The third-order valence-electron chi connectivity index (χ3n) is 15.6. The maximum Gasteiger partial charge on any atom is 0.319 e. The lowest BCUT2D eigenvalue weighted by atomic mass is 9.96. The third kappa shape index (κ3) is 11.0. The summed E-state index contributed by atoms with van der Waals surface area (Å²) < 4.78 is 64.4. The Bertz CT molecular complexity index is 3840. The molecule has 0 aliphatic carbocycles. The van der Waals surface area contributed by atoms with Crippen LogP contribution in [-0.2, 0) is 20.9 Å². The first-order chi connectivity index (χ1) is 40.1. The summed E-state index contributed by atoms with van der Waals surface area (Å²) >= 11 is 8.40. The summed E-state index contributed by atoms with van der Waals surface area (Å²) in [5.74, 6) is -3.11. The summed E-state index contributed by atoms with van der Waals surface area (Å²) in [6.07, 6.45) is 1.22. The number of nitriles is 1. The van der Waals surface area contributed by atoms with Crippen molar-refractivity contribution in [3.63, 3.8) is 0 Å². The van der Waals surface area contributed by atoms with Crippen LogP contribution in [0.3, 0.4) is 0 Å². The molecule has 83 heavy (non-hydrogen) atoms. The average molecular weight is 1170 g/mol. The zero-order chi connectivity index (χ0) is 58.4. The highest BCUT2D eigenvalue weighted by Crippen LogP contribution is 2.51. The number of ether oxygens (including phenoxy) is 3. The number of benzene rings is 5. The van der Waals surface area contributed by atoms with Crippen molar-refractivity contribution in [2.45, 2.75) is 82.6 Å². The lowest BCUT2D eigenvalue weighted by Gasteiger charge is -2.30. The number of fused-ring (bicyclic) bond motifs is 4. The maximum absolute atomic E-state index is 15.7. The Morgan fingerprint density at radius 3 is 2.45 bits per heavy atom. The number of likely N-dealkylation sites (tertiary alicyclic amines) is 1. The molecular formula is C60H57ClF3N11O7S. The summed E-state index contributed by atoms with van der Waals surface area (Å²) in [5.41, 5.74) is 4.02. The monoisotopic (exact) mass is 1170 g/mol. The zero-order valence-electron chi connectivity index (χ0n) is 45.5. The van der Waals surface area contributed by atoms with Gasteiger partial charge in [0.25, 0.3) is 0 Å². The Balaban J connectivity index is 0.865. The minimum Gasteiger partial charge on any atom is -0.486 e. The first-order valence-corrected chi connectivity index (χ1v) is 28.2. The van der Waals surface area contributed by atoms with Crippen LogP contribution in [0.15, 0.2) is 96.1 Å². The average Bonchev–Trinajstić information content (AvgIpc) is 3.91. The fourth-order valence-corrected chi connectivity index (χ4v) is 12.6. The summed E-state index contributed by atoms with van der Waals surface area (Å²) in [7, 11) is 1.59. The number of methoxy groups -OCH3 is 1. The molecule has 0 spiro atoms. The van der Waals surface area contributed by atoms with E-state index in [1.54, 1.807) is 49.7 Å². The molecule has 5 aromatic carbocycles. The Morgan fingerprint density at radius 1 is 0.988 bits per heavy atom. The highest BCUT2D eigenvalue weighted by molar-refractivity contribution is 7.23. The van der Waals surface area contributed by atoms with E-state index < -0.39 is 60.1 Å². The van der Waals surface area contributed by atoms with Gasteiger partial charge in [0.2, 0.25) is 11.8 Å². The van der Waals surface area contributed by atoms with E-state index in [0.717, 1.165) is 30.4 Å². The van der Waals surface area contributed by atoms with Crippen LogP contribution in [0.2, 0.25) is 5.02 Å². The standard InChI is InChI=1S/C60H57ClF3N11O7S/c1-30(2)53(59(79)74-25-38(77)20-48(74)57(78)68-47(27-76)35-15-13-33(14-16-35)39-7-6-8-44(62)51(39)64)75-26-46(71-72-75)34-11-9-32(10-12-34)29-81-54-50(40-17-18-45(63)55-49(40)42(22-65)58(66-4)83-55)43(61)21-41-52(54)69-60(82-28-31(3)80-5)70-56(41)73-24-36-19-37(73)23-67-36/h6-18,21,26,30-31,36-38,47-48,53,67,76-77H,4,19-20,23-25,27-29H2,1-3,5H3,(H,68,78)/t31-,36-,37-,38+,47-,48-,53-/m0/s1. The number of hydrogen-bond acceptors (Lipinski definition) is 16. The van der Waals surface area contributed by atoms with Crippen LogP contribution in [0, 0.1) is 34.7 Å². The van der Waals surface area contributed by atoms with E-state index in [-0.39, 0.29) is 87.9 Å². The van der Waals surface area contributed by atoms with Crippen molar-refractivity contribution in [3.05, 3.63) is 130 Å². The van der Waals surface area contributed by atoms with Crippen LogP contribution >= 0.6 is 22.9 Å². The van der Waals surface area contributed by atoms with Gasteiger partial charge in [0, 0.05) is 72.7 Å². The number of hydrogen-bond donors (Lipinski definition) is 4. The van der Waals surface area contributed by atoms with E-state index in [1.165, 1.54) is 27.8 Å². The number of anilines is 1. The van der Waals surface area contributed by atoms with Gasteiger partial charge in [-0.25, -0.2) is 17.9 Å². The third-order valence-corrected chi connectivity index (χ3v) is 17.0. The Hall–Kier alpha value is -8.04. The van der Waals surface area contributed by atoms with E-state index in [2.05, 4.69) is 43.6 Å². The molecule has 11 rings (SSSR count). The summed E-state index contributed by atoms with van der Waals surface area (Å²) in [4.78, 5) is 46.1. The minimum atomic E-state index is -1.09. The molecule has 8 aromatic rings. The van der Waals surface area contributed by atoms with Crippen molar-refractivity contribution in [1.29, 1.82) is 5.26 Å². The maximum atomic E-state index is 15.7. The van der Waals surface area contributed by atoms with Gasteiger partial charge in [0.1, 0.15) is 59.2 Å². The Morgan fingerprint density at radius 2 is 1.76 bits per heavy atom. The lowest BCUT2D eigenvalue weighted by molar-refractivity contribution is -0.142. The molecule has 3 aromatic heterocycles. The topological polar surface area (TPSA) is 225 Å². The van der Waals surface area contributed by atoms with Crippen molar-refractivity contribution in [2.24, 2.45) is 10.9 Å². The molecular weight excluding hydrogens is 1110 g/mol. The smallest absolute Gasteiger partial charge is 0.319 e. The van der Waals surface area contributed by atoms with Gasteiger partial charge >= 0.3 is 6.01 Å². The molecule has 428 valence electrons. The van der Waals surface area contributed by atoms with Crippen LogP contribution in [-0.4, -0.2) is 129 Å². The number of piperazine rings is 1. The lowest BCUT2D eigenvalue weighted by Crippen LogP contribution is -2.50. The molecule has 3 aliphatic rings. The molecule has 0 saturated carbocycles. The first kappa shape index (κ1) is 56.8. The largest absolute Gasteiger partial charge is 0.486 e. The van der Waals surface area contributed by atoms with Crippen molar-refractivity contribution >= 4 is 73.3 Å². The number of carbonyl (C=O) groups is 2. The van der Waals surface area contributed by atoms with Gasteiger partial charge in [-0.15, -0.1) is 16.4 Å². The number of carbonyl (C=O) groups excluding carboxylic acids is 2. The first-order valence-electron chi connectivity index (χ1n) is 27.0. The molecule has 6 heterocycles. The molecule has 18 nitrogen and oxygen atoms in total.